The van der Waals surface area contributed by atoms with Crippen molar-refractivity contribution >= 4 is 10.0 Å². The highest BCUT2D eigenvalue weighted by Gasteiger charge is 2.38. The van der Waals surface area contributed by atoms with E-state index >= 15 is 0 Å². The SMILES string of the molecule is N#Cc1cc(S(N)(=O)=O)ccc1OCC1CCN(C2COC2F)CC1. The van der Waals surface area contributed by atoms with Crippen molar-refractivity contribution in [2.24, 2.45) is 11.1 Å². The summed E-state index contributed by atoms with van der Waals surface area (Å²) < 4.78 is 46.4. The second-order valence-corrected chi connectivity index (χ2v) is 7.92. The van der Waals surface area contributed by atoms with Gasteiger partial charge in [-0.15, -0.1) is 0 Å². The number of rotatable bonds is 5. The number of nitrogens with zero attached hydrogens (tertiary/aromatic N) is 2. The average molecular weight is 369 g/mol. The zero-order valence-electron chi connectivity index (χ0n) is 13.6. The number of alkyl halides is 1. The van der Waals surface area contributed by atoms with Gasteiger partial charge >= 0.3 is 0 Å². The van der Waals surface area contributed by atoms with Crippen LogP contribution in [-0.4, -0.2) is 52.0 Å². The summed E-state index contributed by atoms with van der Waals surface area (Å²) >= 11 is 0. The van der Waals surface area contributed by atoms with Gasteiger partial charge < -0.3 is 9.47 Å². The molecule has 0 saturated carbocycles. The van der Waals surface area contributed by atoms with Crippen molar-refractivity contribution in [1.82, 2.24) is 4.90 Å². The van der Waals surface area contributed by atoms with E-state index in [9.17, 15) is 18.1 Å². The van der Waals surface area contributed by atoms with Gasteiger partial charge in [-0.1, -0.05) is 0 Å². The number of piperidine rings is 1. The van der Waals surface area contributed by atoms with Crippen LogP contribution < -0.4 is 9.88 Å². The lowest BCUT2D eigenvalue weighted by molar-refractivity contribution is -0.202. The molecule has 3 rings (SSSR count). The minimum atomic E-state index is -3.86. The number of ether oxygens (including phenoxy) is 2. The minimum absolute atomic E-state index is 0.117. The number of nitrogens with two attached hydrogens (primary N) is 1. The van der Waals surface area contributed by atoms with E-state index in [0.717, 1.165) is 25.9 Å². The summed E-state index contributed by atoms with van der Waals surface area (Å²) in [6.45, 7) is 2.46. The first-order valence-corrected chi connectivity index (χ1v) is 9.62. The third-order valence-electron chi connectivity index (χ3n) is 4.72. The number of likely N-dealkylation sites (tertiary alicyclic amines) is 1. The number of hydrogen-bond acceptors (Lipinski definition) is 6. The maximum Gasteiger partial charge on any atom is 0.238 e. The molecule has 2 aliphatic heterocycles. The number of nitriles is 1. The van der Waals surface area contributed by atoms with E-state index in [1.807, 2.05) is 6.07 Å². The van der Waals surface area contributed by atoms with Gasteiger partial charge in [0.25, 0.3) is 0 Å². The normalized spacial score (nSPS) is 25.2. The molecule has 0 spiro atoms. The van der Waals surface area contributed by atoms with Crippen LogP contribution in [0.1, 0.15) is 18.4 Å². The van der Waals surface area contributed by atoms with Crippen molar-refractivity contribution in [1.29, 1.82) is 5.26 Å². The molecule has 7 nitrogen and oxygen atoms in total. The summed E-state index contributed by atoms with van der Waals surface area (Å²) in [5, 5.41) is 14.2. The fraction of sp³-hybridized carbons (Fsp3) is 0.562. The number of hydrogen-bond donors (Lipinski definition) is 1. The zero-order chi connectivity index (χ0) is 18.0. The standard InChI is InChI=1S/C16H20FN3O4S/c17-16-14(10-24-16)20-5-3-11(4-6-20)9-23-15-2-1-13(25(19,21)22)7-12(15)8-18/h1-2,7,11,14,16H,3-6,9-10H2,(H2,19,21,22). The van der Waals surface area contributed by atoms with E-state index in [1.165, 1.54) is 18.2 Å². The summed E-state index contributed by atoms with van der Waals surface area (Å²) in [6, 6.07) is 5.79. The number of benzene rings is 1. The van der Waals surface area contributed by atoms with Gasteiger partial charge in [-0.25, -0.2) is 17.9 Å². The second-order valence-electron chi connectivity index (χ2n) is 6.36. The Morgan fingerprint density at radius 3 is 2.64 bits per heavy atom. The number of primary sulfonamides is 1. The van der Waals surface area contributed by atoms with Crippen LogP contribution in [0.2, 0.25) is 0 Å². The van der Waals surface area contributed by atoms with Gasteiger partial charge in [-0.05, 0) is 50.0 Å². The topological polar surface area (TPSA) is 106 Å². The van der Waals surface area contributed by atoms with Crippen LogP contribution in [0.15, 0.2) is 23.1 Å². The van der Waals surface area contributed by atoms with Gasteiger partial charge in [0.2, 0.25) is 16.4 Å². The Kier molecular flexibility index (Phi) is 5.24. The molecule has 0 radical (unpaired) electrons. The van der Waals surface area contributed by atoms with Crippen molar-refractivity contribution in [3.8, 4) is 11.8 Å². The lowest BCUT2D eigenvalue weighted by Gasteiger charge is -2.43. The van der Waals surface area contributed by atoms with Crippen LogP contribution in [0, 0.1) is 17.2 Å². The van der Waals surface area contributed by atoms with Crippen LogP contribution in [-0.2, 0) is 14.8 Å². The highest BCUT2D eigenvalue weighted by molar-refractivity contribution is 7.89. The van der Waals surface area contributed by atoms with Crippen LogP contribution >= 0.6 is 0 Å². The lowest BCUT2D eigenvalue weighted by atomic mass is 9.96. The summed E-state index contributed by atoms with van der Waals surface area (Å²) in [5.74, 6) is 0.647. The molecular weight excluding hydrogens is 349 g/mol. The first kappa shape index (κ1) is 18.1. The van der Waals surface area contributed by atoms with Crippen molar-refractivity contribution < 1.29 is 22.3 Å². The molecule has 25 heavy (non-hydrogen) atoms. The molecule has 0 amide bonds. The van der Waals surface area contributed by atoms with E-state index in [2.05, 4.69) is 4.90 Å². The molecular formula is C16H20FN3O4S. The van der Waals surface area contributed by atoms with Gasteiger partial charge in [0.1, 0.15) is 11.8 Å². The minimum Gasteiger partial charge on any atom is -0.492 e. The van der Waals surface area contributed by atoms with E-state index in [-0.39, 0.29) is 16.5 Å². The highest BCUT2D eigenvalue weighted by atomic mass is 32.2. The summed E-state index contributed by atoms with van der Waals surface area (Å²) in [4.78, 5) is 1.99. The van der Waals surface area contributed by atoms with E-state index in [0.29, 0.717) is 24.9 Å². The monoisotopic (exact) mass is 369 g/mol. The van der Waals surface area contributed by atoms with Crippen molar-refractivity contribution in [3.05, 3.63) is 23.8 Å². The van der Waals surface area contributed by atoms with Gasteiger partial charge in [-0.2, -0.15) is 5.26 Å². The van der Waals surface area contributed by atoms with Crippen molar-refractivity contribution in [2.45, 2.75) is 30.1 Å². The molecule has 9 heteroatoms. The summed E-state index contributed by atoms with van der Waals surface area (Å²) in [7, 11) is -3.86. The number of halogens is 1. The third-order valence-corrected chi connectivity index (χ3v) is 5.63. The molecule has 2 N–H and O–H groups in total. The van der Waals surface area contributed by atoms with Gasteiger partial charge in [0.05, 0.1) is 29.7 Å². The van der Waals surface area contributed by atoms with Crippen molar-refractivity contribution in [2.75, 3.05) is 26.3 Å². The fourth-order valence-electron chi connectivity index (χ4n) is 3.08. The van der Waals surface area contributed by atoms with Crippen LogP contribution in [0.4, 0.5) is 4.39 Å². The first-order chi connectivity index (χ1) is 11.9. The Morgan fingerprint density at radius 1 is 1.40 bits per heavy atom. The average Bonchev–Trinajstić information content (AvgIpc) is 2.58. The fourth-order valence-corrected chi connectivity index (χ4v) is 3.62. The molecule has 2 fully saturated rings. The molecule has 2 saturated heterocycles. The molecule has 2 aliphatic rings. The lowest BCUT2D eigenvalue weighted by Crippen LogP contribution is -2.56. The highest BCUT2D eigenvalue weighted by Crippen LogP contribution is 2.27. The van der Waals surface area contributed by atoms with Crippen LogP contribution in [0.25, 0.3) is 0 Å². The molecule has 1 aromatic rings. The first-order valence-electron chi connectivity index (χ1n) is 8.08. The predicted molar refractivity (Wildman–Crippen MR) is 87.0 cm³/mol. The van der Waals surface area contributed by atoms with Gasteiger partial charge in [0.15, 0.2) is 0 Å². The Balaban J connectivity index is 1.55. The third kappa shape index (κ3) is 4.10. The molecule has 136 valence electrons. The zero-order valence-corrected chi connectivity index (χ0v) is 14.4. The summed E-state index contributed by atoms with van der Waals surface area (Å²) in [5.41, 5.74) is 0.135. The number of sulfonamides is 1. The van der Waals surface area contributed by atoms with E-state index in [1.54, 1.807) is 0 Å². The Hall–Kier alpha value is -1.73. The Morgan fingerprint density at radius 2 is 2.12 bits per heavy atom. The summed E-state index contributed by atoms with van der Waals surface area (Å²) in [6.07, 6.45) is 0.573. The largest absolute Gasteiger partial charge is 0.492 e. The molecule has 2 heterocycles. The smallest absolute Gasteiger partial charge is 0.238 e. The molecule has 1 aromatic carbocycles. The molecule has 2 atom stereocenters. The van der Waals surface area contributed by atoms with E-state index < -0.39 is 16.4 Å². The quantitative estimate of drug-likeness (QED) is 0.830. The maximum atomic E-state index is 13.3. The van der Waals surface area contributed by atoms with Crippen LogP contribution in [0.5, 0.6) is 5.75 Å². The van der Waals surface area contributed by atoms with Gasteiger partial charge in [-0.3, -0.25) is 4.90 Å². The van der Waals surface area contributed by atoms with Crippen molar-refractivity contribution in [3.63, 3.8) is 0 Å². The molecule has 0 aromatic heterocycles. The van der Waals surface area contributed by atoms with E-state index in [4.69, 9.17) is 14.6 Å². The predicted octanol–water partition coefficient (Wildman–Crippen LogP) is 0.991. The van der Waals surface area contributed by atoms with Gasteiger partial charge in [0, 0.05) is 0 Å². The Labute approximate surface area is 146 Å². The Bertz CT molecular complexity index is 772. The molecule has 2 unspecified atom stereocenters. The molecule has 0 bridgehead atoms. The van der Waals surface area contributed by atoms with Crippen LogP contribution in [0.3, 0.4) is 0 Å². The second kappa shape index (κ2) is 7.25. The maximum absolute atomic E-state index is 13.3. The molecule has 0 aliphatic carbocycles.